The summed E-state index contributed by atoms with van der Waals surface area (Å²) >= 11 is 0. The van der Waals surface area contributed by atoms with Gasteiger partial charge >= 0.3 is 5.97 Å². The van der Waals surface area contributed by atoms with Crippen molar-refractivity contribution in [3.05, 3.63) is 76.9 Å². The van der Waals surface area contributed by atoms with Crippen LogP contribution in [0.1, 0.15) is 41.5 Å². The van der Waals surface area contributed by atoms with Crippen molar-refractivity contribution >= 4 is 23.9 Å². The molecule has 5 aliphatic heterocycles. The van der Waals surface area contributed by atoms with Crippen LogP contribution in [-0.4, -0.2) is 159 Å². The molecule has 2 bridgehead atoms. The van der Waals surface area contributed by atoms with Gasteiger partial charge in [-0.2, -0.15) is 5.06 Å². The Kier molecular flexibility index (Phi) is 10.7. The molecule has 9 rings (SSSR count). The molecule has 12 atom stereocenters. The van der Waals surface area contributed by atoms with Gasteiger partial charge in [-0.3, -0.25) is 19.2 Å². The van der Waals surface area contributed by atoms with Crippen LogP contribution < -0.4 is 5.32 Å². The molecule has 6 fully saturated rings. The van der Waals surface area contributed by atoms with Crippen molar-refractivity contribution in [3.8, 4) is 0 Å². The average molecular weight is 808 g/mol. The number of hydrogen-bond donors (Lipinski definition) is 6. The second kappa shape index (κ2) is 15.6. The number of aliphatic hydroxyl groups excluding tert-OH is 5. The van der Waals surface area contributed by atoms with E-state index in [1.54, 1.807) is 17.1 Å². The summed E-state index contributed by atoms with van der Waals surface area (Å²) < 4.78 is 30.7. The lowest BCUT2D eigenvalue weighted by Gasteiger charge is -2.50. The Hall–Kier alpha value is -3.85. The third kappa shape index (κ3) is 6.66. The second-order valence-electron chi connectivity index (χ2n) is 16.3. The first-order valence-corrected chi connectivity index (χ1v) is 20.0. The molecule has 0 aromatic heterocycles. The van der Waals surface area contributed by atoms with E-state index >= 15 is 4.79 Å². The Morgan fingerprint density at radius 3 is 2.43 bits per heavy atom. The monoisotopic (exact) mass is 807 g/mol. The average Bonchev–Trinajstić information content (AvgIpc) is 4.02. The number of carbonyl (C=O) groups excluding carboxylic acids is 3. The molecule has 58 heavy (non-hydrogen) atoms. The number of amides is 2. The lowest BCUT2D eigenvalue weighted by Crippen LogP contribution is -2.70. The molecule has 6 N–H and O–H groups in total. The van der Waals surface area contributed by atoms with Gasteiger partial charge in [0.2, 0.25) is 11.8 Å². The lowest BCUT2D eigenvalue weighted by molar-refractivity contribution is -0.298. The van der Waals surface area contributed by atoms with E-state index < -0.39 is 91.0 Å². The van der Waals surface area contributed by atoms with Gasteiger partial charge in [0.15, 0.2) is 18.1 Å². The minimum atomic E-state index is -1.54. The number of fused-ring (bicyclic) bond motifs is 5. The first kappa shape index (κ1) is 39.6. The van der Waals surface area contributed by atoms with Crippen molar-refractivity contribution in [1.82, 2.24) is 15.3 Å². The number of hydrogen-bond acceptors (Lipinski definition) is 15. The number of likely N-dealkylation sites (tertiary alicyclic amines) is 1. The molecule has 7 aliphatic rings. The molecule has 312 valence electrons. The summed E-state index contributed by atoms with van der Waals surface area (Å²) in [6.07, 6.45) is -4.34. The molecule has 2 amide bonds. The summed E-state index contributed by atoms with van der Waals surface area (Å²) in [5.41, 5.74) is 2.34. The number of benzene rings is 2. The van der Waals surface area contributed by atoms with Crippen molar-refractivity contribution in [1.29, 1.82) is 0 Å². The highest BCUT2D eigenvalue weighted by Crippen LogP contribution is 2.59. The van der Waals surface area contributed by atoms with Crippen LogP contribution in [0.3, 0.4) is 0 Å². The summed E-state index contributed by atoms with van der Waals surface area (Å²) in [4.78, 5) is 51.0. The number of rotatable bonds is 11. The molecule has 2 aromatic carbocycles. The van der Waals surface area contributed by atoms with E-state index in [1.165, 1.54) is 5.06 Å². The smallest absolute Gasteiger partial charge is 0.327 e. The van der Waals surface area contributed by atoms with Gasteiger partial charge in [-0.25, -0.2) is 0 Å². The molecule has 0 radical (unpaired) electrons. The summed E-state index contributed by atoms with van der Waals surface area (Å²) in [6.45, 7) is -0.294. The second-order valence-corrected chi connectivity index (χ2v) is 16.3. The number of nitrogens with zero attached hydrogens (tertiary/aromatic N) is 2. The van der Waals surface area contributed by atoms with Crippen LogP contribution in [0.25, 0.3) is 6.08 Å². The van der Waals surface area contributed by atoms with E-state index in [0.717, 1.165) is 22.3 Å². The topological polar surface area (TPSA) is 226 Å². The zero-order valence-corrected chi connectivity index (χ0v) is 31.7. The minimum Gasteiger partial charge on any atom is -0.458 e. The summed E-state index contributed by atoms with van der Waals surface area (Å²) in [7, 11) is 0. The SMILES string of the molecule is O=C(NCCO)C1CCCN1C(=O)C12CC3OC(=O)C1N(Cc1ccc(C=CCOC4OC(CO)C(O)C(O)C4O)cc1)OC2C1OC2(Cc4ccccc4C2)OC31. The fourth-order valence-corrected chi connectivity index (χ4v) is 10.0. The Balaban J connectivity index is 0.950. The first-order chi connectivity index (χ1) is 28.1. The highest BCUT2D eigenvalue weighted by molar-refractivity contribution is 5.96. The molecule has 2 aromatic rings. The third-order valence-electron chi connectivity index (χ3n) is 12.7. The van der Waals surface area contributed by atoms with Crippen molar-refractivity contribution in [2.24, 2.45) is 5.41 Å². The summed E-state index contributed by atoms with van der Waals surface area (Å²) in [5, 5.41) is 53.3. The van der Waals surface area contributed by atoms with Crippen molar-refractivity contribution in [2.75, 3.05) is 32.9 Å². The van der Waals surface area contributed by atoms with Gasteiger partial charge in [0, 0.05) is 32.4 Å². The summed E-state index contributed by atoms with van der Waals surface area (Å²) in [6, 6.07) is 13.5. The summed E-state index contributed by atoms with van der Waals surface area (Å²) in [5.74, 6) is -2.34. The fraction of sp³-hybridized carbons (Fsp3) is 0.585. The quantitative estimate of drug-likeness (QED) is 0.145. The van der Waals surface area contributed by atoms with Gasteiger partial charge in [-0.05, 0) is 35.1 Å². The van der Waals surface area contributed by atoms with Gasteiger partial charge in [-0.1, -0.05) is 60.7 Å². The molecule has 1 spiro atoms. The minimum absolute atomic E-state index is 0.00334. The van der Waals surface area contributed by atoms with Crippen molar-refractivity contribution in [2.45, 2.75) is 112 Å². The van der Waals surface area contributed by atoms with Gasteiger partial charge < -0.3 is 59.4 Å². The maximum Gasteiger partial charge on any atom is 0.327 e. The highest BCUT2D eigenvalue weighted by atomic mass is 16.8. The zero-order chi connectivity index (χ0) is 40.3. The van der Waals surface area contributed by atoms with Crippen LogP contribution in [0.2, 0.25) is 0 Å². The highest BCUT2D eigenvalue weighted by Gasteiger charge is 2.77. The van der Waals surface area contributed by atoms with Crippen LogP contribution in [-0.2, 0) is 62.3 Å². The van der Waals surface area contributed by atoms with Crippen LogP contribution in [0.5, 0.6) is 0 Å². The van der Waals surface area contributed by atoms with Crippen LogP contribution in [0.4, 0.5) is 0 Å². The number of ether oxygens (including phenoxy) is 5. The Labute approximate surface area is 334 Å². The number of esters is 1. The Morgan fingerprint density at radius 1 is 0.966 bits per heavy atom. The van der Waals surface area contributed by atoms with Gasteiger partial charge in [-0.15, -0.1) is 0 Å². The van der Waals surface area contributed by atoms with E-state index in [-0.39, 0.29) is 44.5 Å². The van der Waals surface area contributed by atoms with E-state index in [4.69, 9.17) is 28.5 Å². The van der Waals surface area contributed by atoms with Gasteiger partial charge in [0.05, 0.1) is 26.4 Å². The van der Waals surface area contributed by atoms with Crippen LogP contribution in [0, 0.1) is 5.41 Å². The van der Waals surface area contributed by atoms with E-state index in [9.17, 15) is 35.1 Å². The number of nitrogens with one attached hydrogen (secondary N) is 1. The number of carbonyl (C=O) groups is 3. The molecular formula is C41H49N3O14. The number of aliphatic hydroxyl groups is 5. The van der Waals surface area contributed by atoms with Crippen molar-refractivity contribution < 1.29 is 68.4 Å². The van der Waals surface area contributed by atoms with E-state index in [2.05, 4.69) is 5.32 Å². The van der Waals surface area contributed by atoms with E-state index in [1.807, 2.05) is 48.5 Å². The predicted molar refractivity (Wildman–Crippen MR) is 197 cm³/mol. The van der Waals surface area contributed by atoms with Crippen molar-refractivity contribution in [3.63, 3.8) is 0 Å². The lowest BCUT2D eigenvalue weighted by atomic mass is 9.62. The zero-order valence-electron chi connectivity index (χ0n) is 31.7. The predicted octanol–water partition coefficient (Wildman–Crippen LogP) is -1.31. The van der Waals surface area contributed by atoms with Crippen LogP contribution in [0.15, 0.2) is 54.6 Å². The largest absolute Gasteiger partial charge is 0.458 e. The fourth-order valence-electron chi connectivity index (χ4n) is 10.0. The van der Waals surface area contributed by atoms with Gasteiger partial charge in [0.25, 0.3) is 0 Å². The standard InChI is InChI=1S/C41H49N3O14/c45-15-13-42-36(50)26-8-3-14-43(26)39(52)41-19-27-32-33(57-40(56-32)17-24-6-1-2-7-25(24)18-40)35(41)58-44(34(41)37(51)54-27)20-23-11-9-22(10-12-23)5-4-16-53-38-31(49)30(48)29(47)28(21-46)55-38/h1-2,4-7,9-12,26-35,38,45-49H,3,8,13-21H2,(H,42,50). The normalized spacial score (nSPS) is 37.3. The molecule has 12 unspecified atom stereocenters. The maximum atomic E-state index is 15.2. The maximum absolute atomic E-state index is 15.2. The molecule has 5 saturated heterocycles. The molecule has 17 heteroatoms. The first-order valence-electron chi connectivity index (χ1n) is 20.0. The molecule has 2 aliphatic carbocycles. The van der Waals surface area contributed by atoms with E-state index in [0.29, 0.717) is 32.2 Å². The van der Waals surface area contributed by atoms with Crippen LogP contribution >= 0.6 is 0 Å². The Morgan fingerprint density at radius 2 is 1.71 bits per heavy atom. The molecular weight excluding hydrogens is 758 g/mol. The third-order valence-corrected chi connectivity index (χ3v) is 12.7. The molecule has 5 heterocycles. The Bertz CT molecular complexity index is 1890. The molecule has 1 saturated carbocycles. The molecule has 17 nitrogen and oxygen atoms in total. The van der Waals surface area contributed by atoms with Gasteiger partial charge in [0.1, 0.15) is 60.3 Å². The number of hydroxylamine groups is 2.